The predicted molar refractivity (Wildman–Crippen MR) is 94.5 cm³/mol. The number of benzene rings is 2. The molecule has 0 aliphatic carbocycles. The highest BCUT2D eigenvalue weighted by Gasteiger charge is 2.32. The Morgan fingerprint density at radius 3 is 2.54 bits per heavy atom. The van der Waals surface area contributed by atoms with Crippen molar-refractivity contribution in [3.63, 3.8) is 0 Å². The molecule has 3 rings (SSSR count). The molecule has 1 heterocycles. The lowest BCUT2D eigenvalue weighted by atomic mass is 9.91. The Balaban J connectivity index is 1.91. The molecule has 4 N–H and O–H groups in total. The van der Waals surface area contributed by atoms with Gasteiger partial charge in [0.1, 0.15) is 13.1 Å². The van der Waals surface area contributed by atoms with Crippen LogP contribution in [0.15, 0.2) is 36.4 Å². The molecule has 1 unspecified atom stereocenters. The molecule has 0 aromatic heterocycles. The van der Waals surface area contributed by atoms with Crippen molar-refractivity contribution in [3.8, 4) is 11.5 Å². The molecule has 128 valence electrons. The van der Waals surface area contributed by atoms with Crippen LogP contribution >= 0.6 is 0 Å². The Morgan fingerprint density at radius 1 is 1.12 bits per heavy atom. The van der Waals surface area contributed by atoms with Crippen molar-refractivity contribution in [2.45, 2.75) is 25.9 Å². The topological polar surface area (TPSA) is 50.5 Å². The highest BCUT2D eigenvalue weighted by molar-refractivity contribution is 5.48. The lowest BCUT2D eigenvalue weighted by Crippen LogP contribution is -3.13. The fraction of sp³-hybridized carbons (Fsp3) is 0.400. The van der Waals surface area contributed by atoms with E-state index in [1.807, 2.05) is 0 Å². The monoisotopic (exact) mass is 328 g/mol. The summed E-state index contributed by atoms with van der Waals surface area (Å²) in [6.45, 7) is 5.19. The number of hydrogen-bond donors (Lipinski definition) is 2. The fourth-order valence-electron chi connectivity index (χ4n) is 3.82. The molecule has 0 bridgehead atoms. The summed E-state index contributed by atoms with van der Waals surface area (Å²) in [5.41, 5.74) is 9.67. The summed E-state index contributed by atoms with van der Waals surface area (Å²) in [6, 6.07) is 13.5. The van der Waals surface area contributed by atoms with E-state index in [9.17, 15) is 0 Å². The number of hydrogen-bond acceptors (Lipinski definition) is 2. The van der Waals surface area contributed by atoms with Gasteiger partial charge in [-0.2, -0.15) is 0 Å². The van der Waals surface area contributed by atoms with Crippen molar-refractivity contribution in [2.75, 3.05) is 27.3 Å². The first-order chi connectivity index (χ1) is 11.7. The summed E-state index contributed by atoms with van der Waals surface area (Å²) < 4.78 is 11.0. The zero-order valence-electron chi connectivity index (χ0n) is 14.9. The first-order valence-electron chi connectivity index (χ1n) is 8.60. The minimum absolute atomic E-state index is 0.397. The van der Waals surface area contributed by atoms with Crippen LogP contribution in [0.25, 0.3) is 0 Å². The van der Waals surface area contributed by atoms with Gasteiger partial charge in [0, 0.05) is 17.5 Å². The van der Waals surface area contributed by atoms with Crippen LogP contribution in [0, 0.1) is 6.92 Å². The molecule has 4 heteroatoms. The van der Waals surface area contributed by atoms with E-state index in [1.165, 1.54) is 22.3 Å². The van der Waals surface area contributed by atoms with Crippen LogP contribution in [0.4, 0.5) is 0 Å². The van der Waals surface area contributed by atoms with Crippen molar-refractivity contribution in [1.82, 2.24) is 0 Å². The van der Waals surface area contributed by atoms with Gasteiger partial charge in [-0.25, -0.2) is 0 Å². The van der Waals surface area contributed by atoms with Gasteiger partial charge in [-0.15, -0.1) is 0 Å². The molecule has 2 atom stereocenters. The maximum absolute atomic E-state index is 5.51. The van der Waals surface area contributed by atoms with Crippen LogP contribution in [-0.4, -0.2) is 27.3 Å². The zero-order valence-corrected chi connectivity index (χ0v) is 14.9. The van der Waals surface area contributed by atoms with Crippen molar-refractivity contribution in [1.29, 1.82) is 0 Å². The molecule has 0 saturated carbocycles. The molecule has 2 aromatic rings. The summed E-state index contributed by atoms with van der Waals surface area (Å²) in [5.74, 6) is 1.63. The Morgan fingerprint density at radius 2 is 1.88 bits per heavy atom. The number of nitrogens with one attached hydrogen (secondary N) is 1. The van der Waals surface area contributed by atoms with E-state index >= 15 is 0 Å². The van der Waals surface area contributed by atoms with Crippen LogP contribution in [-0.2, 0) is 13.0 Å². The average Bonchev–Trinajstić information content (AvgIpc) is 2.60. The van der Waals surface area contributed by atoms with E-state index in [4.69, 9.17) is 9.47 Å². The van der Waals surface area contributed by atoms with Gasteiger partial charge in [0.15, 0.2) is 17.5 Å². The zero-order chi connectivity index (χ0) is 17.1. The van der Waals surface area contributed by atoms with E-state index in [0.29, 0.717) is 6.04 Å². The lowest BCUT2D eigenvalue weighted by molar-refractivity contribution is -0.952. The molecule has 2 aromatic carbocycles. The van der Waals surface area contributed by atoms with Gasteiger partial charge in [-0.05, 0) is 24.6 Å². The molecule has 4 nitrogen and oxygen atoms in total. The van der Waals surface area contributed by atoms with Crippen molar-refractivity contribution in [2.24, 2.45) is 0 Å². The Labute approximate surface area is 144 Å². The van der Waals surface area contributed by atoms with E-state index in [-0.39, 0.29) is 0 Å². The van der Waals surface area contributed by atoms with Crippen LogP contribution in [0.3, 0.4) is 0 Å². The van der Waals surface area contributed by atoms with Gasteiger partial charge in [0.05, 0.1) is 20.8 Å². The summed E-state index contributed by atoms with van der Waals surface area (Å²) in [7, 11) is 3.39. The van der Waals surface area contributed by atoms with Gasteiger partial charge in [-0.3, -0.25) is 0 Å². The summed E-state index contributed by atoms with van der Waals surface area (Å²) in [4.78, 5) is 1.58. The summed E-state index contributed by atoms with van der Waals surface area (Å²) in [5, 5.41) is 0. The third-order valence-corrected chi connectivity index (χ3v) is 5.03. The highest BCUT2D eigenvalue weighted by Crippen LogP contribution is 2.33. The summed E-state index contributed by atoms with van der Waals surface area (Å²) >= 11 is 0. The first kappa shape index (κ1) is 16.8. The molecule has 0 amide bonds. The highest BCUT2D eigenvalue weighted by atomic mass is 16.5. The maximum atomic E-state index is 5.51. The van der Waals surface area contributed by atoms with Gasteiger partial charge < -0.3 is 20.1 Å². The Kier molecular flexibility index (Phi) is 5.07. The normalized spacial score (nSPS) is 19.7. The molecule has 0 radical (unpaired) electrons. The van der Waals surface area contributed by atoms with Gasteiger partial charge in [-0.1, -0.05) is 29.8 Å². The Bertz CT molecular complexity index is 715. The number of aryl methyl sites for hydroxylation is 1. The van der Waals surface area contributed by atoms with Crippen LogP contribution < -0.4 is 20.1 Å². The fourth-order valence-corrected chi connectivity index (χ4v) is 3.82. The quantitative estimate of drug-likeness (QED) is 0.858. The maximum Gasteiger partial charge on any atom is 0.163 e. The standard InChI is InChI=1S/C20H26N2O2/c1-14-5-4-6-15(9-14)13-22-8-7-16-10-19(23-2)20(24-3)11-17(16)18(22)12-21/h4-6,9-11,18H,7-8,12-13,21H2,1-3H3/p+2/t18-/m0/s1. The molecule has 0 saturated heterocycles. The first-order valence-corrected chi connectivity index (χ1v) is 8.60. The number of fused-ring (bicyclic) bond motifs is 1. The minimum Gasteiger partial charge on any atom is -0.493 e. The van der Waals surface area contributed by atoms with Gasteiger partial charge in [0.25, 0.3) is 0 Å². The van der Waals surface area contributed by atoms with Crippen LogP contribution in [0.2, 0.25) is 0 Å². The van der Waals surface area contributed by atoms with Gasteiger partial charge >= 0.3 is 0 Å². The summed E-state index contributed by atoms with van der Waals surface area (Å²) in [6.07, 6.45) is 1.06. The van der Waals surface area contributed by atoms with E-state index in [2.05, 4.69) is 49.1 Å². The molecule has 1 aliphatic heterocycles. The number of rotatable bonds is 5. The molecule has 0 fully saturated rings. The van der Waals surface area contributed by atoms with E-state index in [0.717, 1.165) is 37.6 Å². The van der Waals surface area contributed by atoms with Crippen molar-refractivity contribution in [3.05, 3.63) is 58.7 Å². The lowest BCUT2D eigenvalue weighted by Gasteiger charge is -2.33. The van der Waals surface area contributed by atoms with Crippen LogP contribution in [0.5, 0.6) is 11.5 Å². The molecular formula is C20H28N2O2+2. The second-order valence-corrected chi connectivity index (χ2v) is 6.57. The van der Waals surface area contributed by atoms with Crippen molar-refractivity contribution < 1.29 is 20.1 Å². The van der Waals surface area contributed by atoms with Crippen molar-refractivity contribution >= 4 is 0 Å². The number of quaternary nitrogens is 2. The number of methoxy groups -OCH3 is 2. The molecular weight excluding hydrogens is 300 g/mol. The average molecular weight is 328 g/mol. The molecule has 24 heavy (non-hydrogen) atoms. The largest absolute Gasteiger partial charge is 0.493 e. The predicted octanol–water partition coefficient (Wildman–Crippen LogP) is 0.936. The molecule has 1 aliphatic rings. The van der Waals surface area contributed by atoms with E-state index in [1.54, 1.807) is 19.1 Å². The SMILES string of the molecule is COc1cc2c(cc1OC)[C@H](C[NH3+])[NH+](Cc1cccc(C)c1)CC2. The smallest absolute Gasteiger partial charge is 0.163 e. The third-order valence-electron chi connectivity index (χ3n) is 5.03. The van der Waals surface area contributed by atoms with E-state index < -0.39 is 0 Å². The second-order valence-electron chi connectivity index (χ2n) is 6.57. The third kappa shape index (κ3) is 3.25. The van der Waals surface area contributed by atoms with Crippen LogP contribution in [0.1, 0.15) is 28.3 Å². The minimum atomic E-state index is 0.397. The van der Waals surface area contributed by atoms with Gasteiger partial charge in [0.2, 0.25) is 0 Å². The Hall–Kier alpha value is -2.04. The molecule has 0 spiro atoms. The second kappa shape index (κ2) is 7.24. The number of ether oxygens (including phenoxy) is 2.